The van der Waals surface area contributed by atoms with Crippen LogP contribution < -0.4 is 10.1 Å². The predicted molar refractivity (Wildman–Crippen MR) is 112 cm³/mol. The van der Waals surface area contributed by atoms with Gasteiger partial charge < -0.3 is 10.1 Å². The molecular formula is C21H24N4O2S. The lowest BCUT2D eigenvalue weighted by molar-refractivity contribution is -0.113. The molecule has 0 aliphatic heterocycles. The van der Waals surface area contributed by atoms with Gasteiger partial charge >= 0.3 is 0 Å². The minimum absolute atomic E-state index is 0.0929. The maximum absolute atomic E-state index is 12.1. The molecule has 1 aromatic heterocycles. The molecule has 28 heavy (non-hydrogen) atoms. The fourth-order valence-electron chi connectivity index (χ4n) is 2.54. The van der Waals surface area contributed by atoms with E-state index in [0.717, 1.165) is 17.0 Å². The van der Waals surface area contributed by atoms with Gasteiger partial charge in [-0.2, -0.15) is 0 Å². The Kier molecular flexibility index (Phi) is 6.71. The van der Waals surface area contributed by atoms with Crippen LogP contribution in [0.3, 0.4) is 0 Å². The summed E-state index contributed by atoms with van der Waals surface area (Å²) in [6, 6.07) is 15.7. The van der Waals surface area contributed by atoms with Crippen LogP contribution in [0.25, 0.3) is 0 Å². The van der Waals surface area contributed by atoms with E-state index in [1.54, 1.807) is 0 Å². The van der Waals surface area contributed by atoms with Crippen molar-refractivity contribution in [1.29, 1.82) is 0 Å². The van der Waals surface area contributed by atoms with Gasteiger partial charge in [-0.1, -0.05) is 49.9 Å². The summed E-state index contributed by atoms with van der Waals surface area (Å²) in [6.07, 6.45) is 0. The first-order chi connectivity index (χ1) is 13.5. The predicted octanol–water partition coefficient (Wildman–Crippen LogP) is 4.55. The molecule has 0 fully saturated rings. The zero-order valence-corrected chi connectivity index (χ0v) is 17.0. The number of benzene rings is 2. The quantitative estimate of drug-likeness (QED) is 0.546. The molecule has 0 saturated heterocycles. The number of hydrogen-bond donors (Lipinski definition) is 2. The van der Waals surface area contributed by atoms with Crippen LogP contribution in [-0.4, -0.2) is 26.8 Å². The van der Waals surface area contributed by atoms with E-state index >= 15 is 0 Å². The van der Waals surface area contributed by atoms with Crippen LogP contribution in [0, 0.1) is 6.92 Å². The van der Waals surface area contributed by atoms with Crippen LogP contribution in [0.5, 0.6) is 5.75 Å². The van der Waals surface area contributed by atoms with E-state index in [1.807, 2.05) is 55.5 Å². The summed E-state index contributed by atoms with van der Waals surface area (Å²) in [5.74, 6) is 2.02. The van der Waals surface area contributed by atoms with Gasteiger partial charge in [0.15, 0.2) is 5.82 Å². The summed E-state index contributed by atoms with van der Waals surface area (Å²) in [5, 5.41) is 10.4. The molecule has 6 nitrogen and oxygen atoms in total. The summed E-state index contributed by atoms with van der Waals surface area (Å²) < 4.78 is 5.69. The maximum atomic E-state index is 12.1. The minimum Gasteiger partial charge on any atom is -0.486 e. The third-order valence-corrected chi connectivity index (χ3v) is 4.92. The molecule has 0 saturated carbocycles. The van der Waals surface area contributed by atoms with Gasteiger partial charge in [-0.3, -0.25) is 9.89 Å². The number of ether oxygens (including phenoxy) is 1. The normalized spacial score (nSPS) is 10.9. The first-order valence-corrected chi connectivity index (χ1v) is 10.1. The number of thioether (sulfide) groups is 1. The molecule has 3 aromatic rings. The fraction of sp³-hybridized carbons (Fsp3) is 0.286. The van der Waals surface area contributed by atoms with Gasteiger partial charge in [-0.15, -0.1) is 5.10 Å². The number of aromatic nitrogens is 3. The van der Waals surface area contributed by atoms with Crippen molar-refractivity contribution in [3.63, 3.8) is 0 Å². The van der Waals surface area contributed by atoms with Gasteiger partial charge in [-0.05, 0) is 48.2 Å². The molecule has 0 bridgehead atoms. The van der Waals surface area contributed by atoms with Crippen LogP contribution in [0.15, 0.2) is 53.7 Å². The Hall–Kier alpha value is -2.80. The summed E-state index contributed by atoms with van der Waals surface area (Å²) in [5.41, 5.74) is 3.17. The number of anilines is 1. The summed E-state index contributed by atoms with van der Waals surface area (Å²) >= 11 is 1.28. The van der Waals surface area contributed by atoms with Gasteiger partial charge in [0.25, 0.3) is 0 Å². The molecule has 0 radical (unpaired) electrons. The zero-order chi connectivity index (χ0) is 19.9. The number of aromatic amines is 1. The van der Waals surface area contributed by atoms with Crippen molar-refractivity contribution in [2.45, 2.75) is 38.5 Å². The summed E-state index contributed by atoms with van der Waals surface area (Å²) in [7, 11) is 0. The highest BCUT2D eigenvalue weighted by Gasteiger charge is 2.09. The Morgan fingerprint density at radius 1 is 1.21 bits per heavy atom. The zero-order valence-electron chi connectivity index (χ0n) is 16.2. The summed E-state index contributed by atoms with van der Waals surface area (Å²) in [6.45, 7) is 6.59. The SMILES string of the molecule is Cc1cccc(OCc2nc(SCC(=O)Nc3ccc(C(C)C)cc3)n[nH]2)c1. The molecule has 0 aliphatic rings. The highest BCUT2D eigenvalue weighted by molar-refractivity contribution is 7.99. The Bertz CT molecular complexity index is 922. The number of aryl methyl sites for hydroxylation is 1. The maximum Gasteiger partial charge on any atom is 0.234 e. The van der Waals surface area contributed by atoms with Crippen molar-refractivity contribution in [2.75, 3.05) is 11.1 Å². The van der Waals surface area contributed by atoms with E-state index in [0.29, 0.717) is 23.5 Å². The second kappa shape index (κ2) is 9.41. The molecule has 2 N–H and O–H groups in total. The van der Waals surface area contributed by atoms with E-state index in [9.17, 15) is 4.79 Å². The molecule has 1 amide bonds. The van der Waals surface area contributed by atoms with Crippen molar-refractivity contribution in [2.24, 2.45) is 0 Å². The Morgan fingerprint density at radius 2 is 2.00 bits per heavy atom. The lowest BCUT2D eigenvalue weighted by Crippen LogP contribution is -2.14. The Labute approximate surface area is 169 Å². The van der Waals surface area contributed by atoms with Gasteiger partial charge in [-0.25, -0.2) is 4.98 Å². The van der Waals surface area contributed by atoms with Crippen LogP contribution >= 0.6 is 11.8 Å². The highest BCUT2D eigenvalue weighted by Crippen LogP contribution is 2.19. The minimum atomic E-state index is -0.0929. The molecule has 0 atom stereocenters. The van der Waals surface area contributed by atoms with E-state index in [4.69, 9.17) is 4.74 Å². The van der Waals surface area contributed by atoms with Gasteiger partial charge in [0, 0.05) is 5.69 Å². The van der Waals surface area contributed by atoms with Crippen LogP contribution in [0.2, 0.25) is 0 Å². The molecule has 1 heterocycles. The second-order valence-electron chi connectivity index (χ2n) is 6.78. The largest absolute Gasteiger partial charge is 0.486 e. The average molecular weight is 397 g/mol. The van der Waals surface area contributed by atoms with E-state index in [2.05, 4.69) is 34.3 Å². The summed E-state index contributed by atoms with van der Waals surface area (Å²) in [4.78, 5) is 16.5. The number of rotatable bonds is 8. The van der Waals surface area contributed by atoms with Crippen molar-refractivity contribution in [3.8, 4) is 5.75 Å². The Morgan fingerprint density at radius 3 is 2.71 bits per heavy atom. The standard InChI is InChI=1S/C21H24N4O2S/c1-14(2)16-7-9-17(10-8-16)22-20(26)13-28-21-23-19(24-25-21)12-27-18-6-4-5-15(3)11-18/h4-11,14H,12-13H2,1-3H3,(H,22,26)(H,23,24,25). The highest BCUT2D eigenvalue weighted by atomic mass is 32.2. The number of carbonyl (C=O) groups excluding carboxylic acids is 1. The van der Waals surface area contributed by atoms with Crippen LogP contribution in [0.4, 0.5) is 5.69 Å². The number of nitrogens with zero attached hydrogens (tertiary/aromatic N) is 2. The molecule has 7 heteroatoms. The van der Waals surface area contributed by atoms with Gasteiger partial charge in [0.05, 0.1) is 5.75 Å². The lowest BCUT2D eigenvalue weighted by atomic mass is 10.0. The number of hydrogen-bond acceptors (Lipinski definition) is 5. The van der Waals surface area contributed by atoms with Crippen molar-refractivity contribution >= 4 is 23.4 Å². The number of carbonyl (C=O) groups is 1. The van der Waals surface area contributed by atoms with Crippen LogP contribution in [0.1, 0.15) is 36.7 Å². The van der Waals surface area contributed by atoms with E-state index < -0.39 is 0 Å². The number of nitrogens with one attached hydrogen (secondary N) is 2. The van der Waals surface area contributed by atoms with Gasteiger partial charge in [0.1, 0.15) is 12.4 Å². The first-order valence-electron chi connectivity index (χ1n) is 9.13. The van der Waals surface area contributed by atoms with Crippen molar-refractivity contribution in [1.82, 2.24) is 15.2 Å². The number of amides is 1. The average Bonchev–Trinajstić information content (AvgIpc) is 3.13. The molecule has 0 spiro atoms. The first kappa shape index (κ1) is 19.9. The second-order valence-corrected chi connectivity index (χ2v) is 7.73. The lowest BCUT2D eigenvalue weighted by Gasteiger charge is -2.08. The third-order valence-electron chi connectivity index (χ3n) is 4.07. The number of H-pyrrole nitrogens is 1. The fourth-order valence-corrected chi connectivity index (χ4v) is 3.16. The molecule has 0 unspecified atom stereocenters. The van der Waals surface area contributed by atoms with E-state index in [1.165, 1.54) is 17.3 Å². The third kappa shape index (κ3) is 5.85. The molecule has 2 aromatic carbocycles. The topological polar surface area (TPSA) is 79.9 Å². The van der Waals surface area contributed by atoms with Crippen LogP contribution in [-0.2, 0) is 11.4 Å². The monoisotopic (exact) mass is 396 g/mol. The van der Waals surface area contributed by atoms with Gasteiger partial charge in [0.2, 0.25) is 11.1 Å². The molecular weight excluding hydrogens is 372 g/mol. The molecule has 146 valence electrons. The smallest absolute Gasteiger partial charge is 0.234 e. The van der Waals surface area contributed by atoms with Crippen molar-refractivity contribution in [3.05, 3.63) is 65.5 Å². The molecule has 0 aliphatic carbocycles. The Balaban J connectivity index is 1.45. The van der Waals surface area contributed by atoms with E-state index in [-0.39, 0.29) is 11.7 Å². The molecule has 3 rings (SSSR count). The van der Waals surface area contributed by atoms with Crippen molar-refractivity contribution < 1.29 is 9.53 Å².